The molecule has 2 unspecified atom stereocenters. The lowest BCUT2D eigenvalue weighted by Gasteiger charge is -2.47. The minimum Gasteiger partial charge on any atom is -0.382 e. The lowest BCUT2D eigenvalue weighted by molar-refractivity contribution is -0.191. The van der Waals surface area contributed by atoms with E-state index < -0.39 is 0 Å². The van der Waals surface area contributed by atoms with Crippen molar-refractivity contribution in [3.63, 3.8) is 0 Å². The fourth-order valence-corrected chi connectivity index (χ4v) is 4.28. The number of pyridine rings is 1. The van der Waals surface area contributed by atoms with Gasteiger partial charge < -0.3 is 15.5 Å². The molecule has 0 spiro atoms. The maximum absolute atomic E-state index is 8.82. The van der Waals surface area contributed by atoms with E-state index in [1.165, 1.54) is 38.3 Å². The molecular formula is C21H25N7O2. The van der Waals surface area contributed by atoms with E-state index in [2.05, 4.69) is 44.5 Å². The highest BCUT2D eigenvalue weighted by molar-refractivity contribution is 5.61. The first-order valence-electron chi connectivity index (χ1n) is 9.97. The molecule has 2 aromatic heterocycles. The van der Waals surface area contributed by atoms with Crippen molar-refractivity contribution in [2.45, 2.75) is 57.2 Å². The van der Waals surface area contributed by atoms with Gasteiger partial charge in [-0.3, -0.25) is 0 Å². The summed E-state index contributed by atoms with van der Waals surface area (Å²) < 4.78 is 0. The molecule has 0 radical (unpaired) electrons. The number of rotatable bonds is 4. The maximum atomic E-state index is 8.82. The highest BCUT2D eigenvalue weighted by Crippen LogP contribution is 2.34. The first kappa shape index (κ1) is 21.4. The maximum Gasteiger partial charge on any atom is 0.373 e. The molecule has 2 aliphatic heterocycles. The Bertz CT molecular complexity index is 921. The first-order chi connectivity index (χ1) is 14.5. The van der Waals surface area contributed by atoms with Crippen LogP contribution in [0.3, 0.4) is 0 Å². The molecule has 0 aromatic carbocycles. The van der Waals surface area contributed by atoms with Crippen molar-refractivity contribution in [2.24, 2.45) is 0 Å². The van der Waals surface area contributed by atoms with Gasteiger partial charge in [0.2, 0.25) is 0 Å². The van der Waals surface area contributed by atoms with Gasteiger partial charge in [0.1, 0.15) is 17.7 Å². The molecule has 2 aliphatic rings. The number of aromatic nitrogens is 3. The smallest absolute Gasteiger partial charge is 0.373 e. The molecule has 30 heavy (non-hydrogen) atoms. The average molecular weight is 407 g/mol. The van der Waals surface area contributed by atoms with E-state index in [1.54, 1.807) is 6.20 Å². The number of anilines is 3. The second-order valence-corrected chi connectivity index (χ2v) is 7.71. The number of hydrogen-bond acceptors (Lipinski definition) is 9. The van der Waals surface area contributed by atoms with Gasteiger partial charge in [0.15, 0.2) is 5.69 Å². The van der Waals surface area contributed by atoms with Crippen molar-refractivity contribution in [1.82, 2.24) is 19.9 Å². The standard InChI is InChI=1S/C20H25N7.CO2/c1-13-10-23-19(26-20-12-22-15(9-21)11-24-20)8-18(13)25-14-6-16-4-3-5-17(7-14)27(16)2;2-1-3/h8,10-12,14,16-17H,3-7H2,1-2H3,(H2,23,24,25,26);. The fraction of sp³-hybridized carbons (Fsp3) is 0.476. The Labute approximate surface area is 175 Å². The van der Waals surface area contributed by atoms with Crippen LogP contribution in [0.25, 0.3) is 0 Å². The molecule has 2 saturated heterocycles. The third-order valence-corrected chi connectivity index (χ3v) is 5.83. The van der Waals surface area contributed by atoms with Gasteiger partial charge in [0, 0.05) is 36.1 Å². The molecule has 0 aliphatic carbocycles. The Morgan fingerprint density at radius 1 is 1.07 bits per heavy atom. The van der Waals surface area contributed by atoms with Crippen LogP contribution in [0.1, 0.15) is 43.4 Å². The minimum absolute atomic E-state index is 0.250. The summed E-state index contributed by atoms with van der Waals surface area (Å²) in [6.07, 6.45) is 11.5. The number of hydrogen-bond donors (Lipinski definition) is 2. The van der Waals surface area contributed by atoms with E-state index in [4.69, 9.17) is 14.9 Å². The van der Waals surface area contributed by atoms with Crippen molar-refractivity contribution in [2.75, 3.05) is 17.7 Å². The minimum atomic E-state index is 0.250. The van der Waals surface area contributed by atoms with Gasteiger partial charge in [-0.25, -0.2) is 15.0 Å². The SMILES string of the molecule is Cc1cnc(Nc2cnc(C#N)cn2)cc1NC1CC2CCCC(C1)N2C.O=C=O. The van der Waals surface area contributed by atoms with E-state index in [0.717, 1.165) is 17.1 Å². The van der Waals surface area contributed by atoms with Gasteiger partial charge in [-0.1, -0.05) is 6.42 Å². The van der Waals surface area contributed by atoms with Crippen molar-refractivity contribution >= 4 is 23.5 Å². The van der Waals surface area contributed by atoms with Crippen LogP contribution in [0.5, 0.6) is 0 Å². The molecule has 2 aromatic rings. The second kappa shape index (κ2) is 9.92. The summed E-state index contributed by atoms with van der Waals surface area (Å²) in [5, 5.41) is 15.7. The molecule has 2 N–H and O–H groups in total. The van der Waals surface area contributed by atoms with Crippen molar-refractivity contribution in [3.8, 4) is 6.07 Å². The third-order valence-electron chi connectivity index (χ3n) is 5.83. The fourth-order valence-electron chi connectivity index (χ4n) is 4.28. The Balaban J connectivity index is 0.000000806. The van der Waals surface area contributed by atoms with Crippen LogP contribution in [0.2, 0.25) is 0 Å². The molecular weight excluding hydrogens is 382 g/mol. The highest BCUT2D eigenvalue weighted by Gasteiger charge is 2.35. The van der Waals surface area contributed by atoms with E-state index in [0.29, 0.717) is 29.6 Å². The summed E-state index contributed by atoms with van der Waals surface area (Å²) in [6.45, 7) is 2.08. The normalized spacial score (nSPS) is 22.6. The molecule has 2 fully saturated rings. The van der Waals surface area contributed by atoms with Gasteiger partial charge in [-0.2, -0.15) is 14.9 Å². The van der Waals surface area contributed by atoms with Crippen molar-refractivity contribution in [1.29, 1.82) is 5.26 Å². The number of fused-ring (bicyclic) bond motifs is 2. The monoisotopic (exact) mass is 407 g/mol. The molecule has 9 nitrogen and oxygen atoms in total. The van der Waals surface area contributed by atoms with Crippen LogP contribution in [0.15, 0.2) is 24.7 Å². The van der Waals surface area contributed by atoms with E-state index in [-0.39, 0.29) is 6.15 Å². The largest absolute Gasteiger partial charge is 0.382 e. The summed E-state index contributed by atoms with van der Waals surface area (Å²) in [7, 11) is 2.28. The van der Waals surface area contributed by atoms with Crippen LogP contribution < -0.4 is 10.6 Å². The number of nitrogens with one attached hydrogen (secondary N) is 2. The summed E-state index contributed by atoms with van der Waals surface area (Å²) in [5.74, 6) is 1.29. The van der Waals surface area contributed by atoms with Crippen LogP contribution in [-0.4, -0.2) is 51.2 Å². The van der Waals surface area contributed by atoms with E-state index in [1.807, 2.05) is 18.3 Å². The number of piperidine rings is 2. The Morgan fingerprint density at radius 2 is 1.73 bits per heavy atom. The molecule has 2 bridgehead atoms. The molecule has 4 heterocycles. The Morgan fingerprint density at radius 3 is 2.33 bits per heavy atom. The summed E-state index contributed by atoms with van der Waals surface area (Å²) >= 11 is 0. The van der Waals surface area contributed by atoms with Crippen LogP contribution in [-0.2, 0) is 9.59 Å². The summed E-state index contributed by atoms with van der Waals surface area (Å²) in [5.41, 5.74) is 2.55. The quantitative estimate of drug-likeness (QED) is 0.787. The lowest BCUT2D eigenvalue weighted by Crippen LogP contribution is -2.52. The van der Waals surface area contributed by atoms with E-state index >= 15 is 0 Å². The van der Waals surface area contributed by atoms with Gasteiger partial charge in [-0.15, -0.1) is 0 Å². The second-order valence-electron chi connectivity index (χ2n) is 7.71. The zero-order chi connectivity index (χ0) is 21.5. The molecule has 2 atom stereocenters. The lowest BCUT2D eigenvalue weighted by atomic mass is 9.82. The van der Waals surface area contributed by atoms with Crippen molar-refractivity contribution in [3.05, 3.63) is 35.9 Å². The van der Waals surface area contributed by atoms with Gasteiger partial charge in [-0.05, 0) is 45.2 Å². The summed E-state index contributed by atoms with van der Waals surface area (Å²) in [6, 6.07) is 5.90. The first-order valence-corrected chi connectivity index (χ1v) is 9.97. The molecule has 0 saturated carbocycles. The van der Waals surface area contributed by atoms with Gasteiger partial charge in [0.05, 0.1) is 12.4 Å². The van der Waals surface area contributed by atoms with Gasteiger partial charge >= 0.3 is 6.15 Å². The van der Waals surface area contributed by atoms with Crippen molar-refractivity contribution < 1.29 is 9.59 Å². The Hall–Kier alpha value is -3.34. The molecule has 9 heteroatoms. The van der Waals surface area contributed by atoms with Crippen LogP contribution >= 0.6 is 0 Å². The highest BCUT2D eigenvalue weighted by atomic mass is 16.2. The average Bonchev–Trinajstić information content (AvgIpc) is 2.72. The number of nitrogens with zero attached hydrogens (tertiary/aromatic N) is 5. The molecule has 156 valence electrons. The summed E-state index contributed by atoms with van der Waals surface area (Å²) in [4.78, 5) is 31.5. The topological polar surface area (TPSA) is 124 Å². The molecule has 4 rings (SSSR count). The number of nitriles is 1. The zero-order valence-corrected chi connectivity index (χ0v) is 17.1. The van der Waals surface area contributed by atoms with Crippen LogP contribution in [0.4, 0.5) is 17.3 Å². The zero-order valence-electron chi connectivity index (χ0n) is 17.1. The van der Waals surface area contributed by atoms with Crippen LogP contribution in [0, 0.1) is 18.3 Å². The van der Waals surface area contributed by atoms with Gasteiger partial charge in [0.25, 0.3) is 0 Å². The number of carbonyl (C=O) groups excluding carboxylic acids is 2. The predicted molar refractivity (Wildman–Crippen MR) is 110 cm³/mol. The third kappa shape index (κ3) is 5.17. The molecule has 0 amide bonds. The van der Waals surface area contributed by atoms with E-state index in [9.17, 15) is 0 Å². The number of aryl methyl sites for hydroxylation is 1. The Kier molecular flexibility index (Phi) is 7.07. The predicted octanol–water partition coefficient (Wildman–Crippen LogP) is 2.64.